The first-order valence-electron chi connectivity index (χ1n) is 5.39. The fraction of sp³-hybridized carbons (Fsp3) is 0.455. The largest absolute Gasteiger partial charge is 0.294 e. The first-order valence-corrected chi connectivity index (χ1v) is 6.72. The zero-order valence-corrected chi connectivity index (χ0v) is 10.5. The second-order valence-corrected chi connectivity index (χ2v) is 5.32. The van der Waals surface area contributed by atoms with Crippen LogP contribution < -0.4 is 0 Å². The molecular formula is C11H12ClN3S. The quantitative estimate of drug-likeness (QED) is 0.839. The number of halogens is 1. The monoisotopic (exact) mass is 253 g/mol. The molecule has 3 nitrogen and oxygen atoms in total. The van der Waals surface area contributed by atoms with Crippen molar-refractivity contribution in [1.82, 2.24) is 14.8 Å². The topological polar surface area (TPSA) is 30.7 Å². The summed E-state index contributed by atoms with van der Waals surface area (Å²) in [5.41, 5.74) is 1.27. The summed E-state index contributed by atoms with van der Waals surface area (Å²) in [5.74, 6) is 1.62. The summed E-state index contributed by atoms with van der Waals surface area (Å²) in [6, 6.07) is 2.35. The molecule has 0 amide bonds. The molecule has 84 valence electrons. The van der Waals surface area contributed by atoms with Gasteiger partial charge in [-0.3, -0.25) is 4.57 Å². The Labute approximate surface area is 103 Å². The molecule has 1 atom stereocenters. The normalized spacial score (nSPS) is 17.6. The van der Waals surface area contributed by atoms with Crippen LogP contribution in [0.3, 0.4) is 0 Å². The smallest absolute Gasteiger partial charge is 0.225 e. The molecule has 2 aromatic rings. The van der Waals surface area contributed by atoms with Gasteiger partial charge in [-0.25, -0.2) is 0 Å². The summed E-state index contributed by atoms with van der Waals surface area (Å²) in [4.78, 5) is 0. The number of nitrogens with zero attached hydrogens (tertiary/aromatic N) is 3. The molecule has 2 aromatic heterocycles. The van der Waals surface area contributed by atoms with Gasteiger partial charge in [-0.05, 0) is 53.8 Å². The minimum absolute atomic E-state index is 0.226. The van der Waals surface area contributed by atoms with Crippen LogP contribution >= 0.6 is 22.9 Å². The van der Waals surface area contributed by atoms with Crippen LogP contribution in [0.15, 0.2) is 16.8 Å². The van der Waals surface area contributed by atoms with Gasteiger partial charge < -0.3 is 0 Å². The SMILES string of the molecule is CC(c1ccsc1)n1c(Cl)nnc1C1CC1. The Kier molecular flexibility index (Phi) is 2.48. The lowest BCUT2D eigenvalue weighted by Crippen LogP contribution is -2.09. The van der Waals surface area contributed by atoms with E-state index in [9.17, 15) is 0 Å². The molecule has 16 heavy (non-hydrogen) atoms. The van der Waals surface area contributed by atoms with Gasteiger partial charge in [0.05, 0.1) is 6.04 Å². The predicted octanol–water partition coefficient (Wildman–Crippen LogP) is 3.48. The number of aromatic nitrogens is 3. The number of hydrogen-bond donors (Lipinski definition) is 0. The lowest BCUT2D eigenvalue weighted by Gasteiger charge is -2.15. The van der Waals surface area contributed by atoms with Gasteiger partial charge in [-0.15, -0.1) is 10.2 Å². The van der Waals surface area contributed by atoms with Gasteiger partial charge in [0, 0.05) is 5.92 Å². The van der Waals surface area contributed by atoms with E-state index in [1.807, 2.05) is 0 Å². The average Bonchev–Trinajstić information content (AvgIpc) is 2.84. The lowest BCUT2D eigenvalue weighted by molar-refractivity contribution is 0.604. The molecule has 0 aromatic carbocycles. The van der Waals surface area contributed by atoms with Crippen LogP contribution in [0.4, 0.5) is 0 Å². The Bertz CT molecular complexity index is 487. The first-order chi connectivity index (χ1) is 7.77. The summed E-state index contributed by atoms with van der Waals surface area (Å²) in [7, 11) is 0. The van der Waals surface area contributed by atoms with Gasteiger partial charge in [0.1, 0.15) is 5.82 Å². The summed E-state index contributed by atoms with van der Waals surface area (Å²) in [6.45, 7) is 2.14. The number of hydrogen-bond acceptors (Lipinski definition) is 3. The highest BCUT2D eigenvalue weighted by Gasteiger charge is 2.31. The van der Waals surface area contributed by atoms with E-state index < -0.39 is 0 Å². The highest BCUT2D eigenvalue weighted by Crippen LogP contribution is 2.41. The zero-order chi connectivity index (χ0) is 11.1. The van der Waals surface area contributed by atoms with Gasteiger partial charge >= 0.3 is 0 Å². The molecule has 0 bridgehead atoms. The Morgan fingerprint density at radius 1 is 1.50 bits per heavy atom. The number of rotatable bonds is 3. The molecule has 2 heterocycles. The second kappa shape index (κ2) is 3.86. The average molecular weight is 254 g/mol. The van der Waals surface area contributed by atoms with E-state index in [4.69, 9.17) is 11.6 Å². The van der Waals surface area contributed by atoms with E-state index in [1.165, 1.54) is 18.4 Å². The molecule has 5 heteroatoms. The van der Waals surface area contributed by atoms with E-state index in [2.05, 4.69) is 38.5 Å². The van der Waals surface area contributed by atoms with E-state index in [0.29, 0.717) is 11.2 Å². The van der Waals surface area contributed by atoms with Crippen molar-refractivity contribution in [3.63, 3.8) is 0 Å². The van der Waals surface area contributed by atoms with Crippen LogP contribution in [-0.2, 0) is 0 Å². The molecule has 0 radical (unpaired) electrons. The zero-order valence-electron chi connectivity index (χ0n) is 8.93. The van der Waals surface area contributed by atoms with Crippen LogP contribution in [-0.4, -0.2) is 14.8 Å². The molecule has 0 saturated heterocycles. The van der Waals surface area contributed by atoms with Gasteiger partial charge in [0.25, 0.3) is 0 Å². The van der Waals surface area contributed by atoms with Gasteiger partial charge in [-0.1, -0.05) is 0 Å². The maximum Gasteiger partial charge on any atom is 0.225 e. The molecule has 1 saturated carbocycles. The van der Waals surface area contributed by atoms with Crippen molar-refractivity contribution < 1.29 is 0 Å². The van der Waals surface area contributed by atoms with E-state index in [-0.39, 0.29) is 6.04 Å². The van der Waals surface area contributed by atoms with E-state index in [1.54, 1.807) is 11.3 Å². The molecule has 1 aliphatic carbocycles. The van der Waals surface area contributed by atoms with Crippen molar-refractivity contribution in [2.45, 2.75) is 31.7 Å². The van der Waals surface area contributed by atoms with Crippen LogP contribution in [0.2, 0.25) is 5.28 Å². The third-order valence-corrected chi connectivity index (χ3v) is 4.00. The van der Waals surface area contributed by atoms with Crippen molar-refractivity contribution >= 4 is 22.9 Å². The van der Waals surface area contributed by atoms with Gasteiger partial charge in [0.2, 0.25) is 5.28 Å². The minimum atomic E-state index is 0.226. The van der Waals surface area contributed by atoms with Crippen LogP contribution in [0.1, 0.15) is 43.1 Å². The maximum absolute atomic E-state index is 6.12. The van der Waals surface area contributed by atoms with Crippen molar-refractivity contribution in [1.29, 1.82) is 0 Å². The molecule has 1 aliphatic rings. The Balaban J connectivity index is 2.01. The third kappa shape index (κ3) is 1.66. The Morgan fingerprint density at radius 3 is 2.94 bits per heavy atom. The molecular weight excluding hydrogens is 242 g/mol. The van der Waals surface area contributed by atoms with Gasteiger partial charge in [0.15, 0.2) is 0 Å². The highest BCUT2D eigenvalue weighted by molar-refractivity contribution is 7.07. The third-order valence-electron chi connectivity index (χ3n) is 3.04. The van der Waals surface area contributed by atoms with Crippen LogP contribution in [0, 0.1) is 0 Å². The van der Waals surface area contributed by atoms with Gasteiger partial charge in [-0.2, -0.15) is 11.3 Å². The Morgan fingerprint density at radius 2 is 2.31 bits per heavy atom. The highest BCUT2D eigenvalue weighted by atomic mass is 35.5. The molecule has 1 unspecified atom stereocenters. The van der Waals surface area contributed by atoms with E-state index >= 15 is 0 Å². The maximum atomic E-state index is 6.12. The fourth-order valence-corrected chi connectivity index (χ4v) is 2.94. The molecule has 0 aliphatic heterocycles. The predicted molar refractivity (Wildman–Crippen MR) is 65.1 cm³/mol. The summed E-state index contributed by atoms with van der Waals surface area (Å²) in [6.07, 6.45) is 2.43. The van der Waals surface area contributed by atoms with E-state index in [0.717, 1.165) is 5.82 Å². The van der Waals surface area contributed by atoms with Crippen LogP contribution in [0.5, 0.6) is 0 Å². The lowest BCUT2D eigenvalue weighted by atomic mass is 10.2. The molecule has 3 rings (SSSR count). The first kappa shape index (κ1) is 10.3. The standard InChI is InChI=1S/C11H12ClN3S/c1-7(9-4-5-16-6-9)15-10(8-2-3-8)13-14-11(15)12/h4-8H,2-3H2,1H3. The minimum Gasteiger partial charge on any atom is -0.294 e. The van der Waals surface area contributed by atoms with Crippen molar-refractivity contribution in [3.05, 3.63) is 33.5 Å². The van der Waals surface area contributed by atoms with Crippen molar-refractivity contribution in [2.24, 2.45) is 0 Å². The summed E-state index contributed by atoms with van der Waals surface area (Å²) in [5, 5.41) is 12.9. The van der Waals surface area contributed by atoms with Crippen LogP contribution in [0.25, 0.3) is 0 Å². The molecule has 0 spiro atoms. The summed E-state index contributed by atoms with van der Waals surface area (Å²) >= 11 is 7.83. The van der Waals surface area contributed by atoms with Crippen molar-refractivity contribution in [2.75, 3.05) is 0 Å². The number of thiophene rings is 1. The fourth-order valence-electron chi connectivity index (χ4n) is 1.92. The molecule has 1 fully saturated rings. The summed E-state index contributed by atoms with van der Waals surface area (Å²) < 4.78 is 2.06. The Hall–Kier alpha value is -0.870. The van der Waals surface area contributed by atoms with Crippen molar-refractivity contribution in [3.8, 4) is 0 Å². The second-order valence-electron chi connectivity index (χ2n) is 4.20. The molecule has 0 N–H and O–H groups in total.